The standard InChI is InChI=1S/C32H35F3N8O4/c33-32(34,35)29(45)47-31(15-8-7-14-30(31,46)16-13-25-38-40-41-39-25)43-21-37-26(27(43)23-11-5-2-6-12-23)28(44)42-18-17-36-20-24(42)19-22-9-3-1-4-10-22/h1-6,9-12,21,24,36,46H,7-8,13-20H2,(H,38,39,40,41)/t24-,30-,31-/m1/s1. The second-order valence-electron chi connectivity index (χ2n) is 12.0. The molecule has 248 valence electrons. The number of halogens is 3. The number of alkyl halides is 3. The molecule has 1 aliphatic carbocycles. The normalized spacial score (nSPS) is 23.4. The van der Waals surface area contributed by atoms with Crippen LogP contribution in [0.1, 0.15) is 54.0 Å². The van der Waals surface area contributed by atoms with Crippen molar-refractivity contribution in [3.8, 4) is 11.3 Å². The minimum absolute atomic E-state index is 0.00260. The summed E-state index contributed by atoms with van der Waals surface area (Å²) in [6, 6.07) is 18.1. The molecule has 0 radical (unpaired) electrons. The third-order valence-corrected chi connectivity index (χ3v) is 9.06. The monoisotopic (exact) mass is 652 g/mol. The Labute approximate surface area is 268 Å². The van der Waals surface area contributed by atoms with Crippen molar-refractivity contribution in [3.63, 3.8) is 0 Å². The van der Waals surface area contributed by atoms with Crippen molar-refractivity contribution in [1.82, 2.24) is 40.4 Å². The maximum atomic E-state index is 14.5. The van der Waals surface area contributed by atoms with Crippen molar-refractivity contribution in [2.45, 2.75) is 68.5 Å². The second kappa shape index (κ2) is 13.2. The van der Waals surface area contributed by atoms with Gasteiger partial charge in [0.05, 0.1) is 12.0 Å². The Morgan fingerprint density at radius 1 is 1.04 bits per heavy atom. The van der Waals surface area contributed by atoms with Gasteiger partial charge in [-0.15, -0.1) is 10.2 Å². The van der Waals surface area contributed by atoms with E-state index >= 15 is 0 Å². The van der Waals surface area contributed by atoms with E-state index in [2.05, 4.69) is 30.9 Å². The number of hydrogen-bond acceptors (Lipinski definition) is 9. The van der Waals surface area contributed by atoms with Gasteiger partial charge in [0, 0.05) is 44.1 Å². The average molecular weight is 653 g/mol. The number of nitrogens with zero attached hydrogens (tertiary/aromatic N) is 6. The first-order chi connectivity index (χ1) is 22.6. The zero-order valence-electron chi connectivity index (χ0n) is 25.5. The number of aromatic amines is 1. The molecule has 2 aromatic heterocycles. The summed E-state index contributed by atoms with van der Waals surface area (Å²) in [6.45, 7) is 1.45. The number of esters is 1. The predicted octanol–water partition coefficient (Wildman–Crippen LogP) is 3.42. The molecular weight excluding hydrogens is 617 g/mol. The van der Waals surface area contributed by atoms with Gasteiger partial charge in [-0.2, -0.15) is 18.4 Å². The van der Waals surface area contributed by atoms with Crippen molar-refractivity contribution < 1.29 is 32.6 Å². The number of piperazine rings is 1. The van der Waals surface area contributed by atoms with E-state index in [1.54, 1.807) is 35.2 Å². The maximum Gasteiger partial charge on any atom is 0.491 e. The van der Waals surface area contributed by atoms with Crippen LogP contribution in [0.25, 0.3) is 11.3 Å². The number of nitrogens with one attached hydrogen (secondary N) is 2. The van der Waals surface area contributed by atoms with E-state index in [0.29, 0.717) is 44.5 Å². The number of aryl methyl sites for hydroxylation is 1. The molecule has 4 aromatic rings. The number of carbonyl (C=O) groups is 2. The Bertz CT molecular complexity index is 1670. The molecule has 3 N–H and O–H groups in total. The van der Waals surface area contributed by atoms with E-state index in [4.69, 9.17) is 4.74 Å². The summed E-state index contributed by atoms with van der Waals surface area (Å²) in [5.74, 6) is -2.65. The van der Waals surface area contributed by atoms with E-state index < -0.39 is 29.4 Å². The Balaban J connectivity index is 1.48. The molecule has 47 heavy (non-hydrogen) atoms. The fourth-order valence-electron chi connectivity index (χ4n) is 6.77. The topological polar surface area (TPSA) is 151 Å². The summed E-state index contributed by atoms with van der Waals surface area (Å²) in [5, 5.41) is 29.4. The zero-order valence-corrected chi connectivity index (χ0v) is 25.5. The largest absolute Gasteiger partial charge is 0.491 e. The van der Waals surface area contributed by atoms with Crippen LogP contribution in [0.2, 0.25) is 0 Å². The molecule has 0 spiro atoms. The summed E-state index contributed by atoms with van der Waals surface area (Å²) >= 11 is 0. The minimum atomic E-state index is -5.35. The fraction of sp³-hybridized carbons (Fsp3) is 0.438. The van der Waals surface area contributed by atoms with Gasteiger partial charge in [-0.05, 0) is 31.2 Å². The van der Waals surface area contributed by atoms with Gasteiger partial charge >= 0.3 is 12.1 Å². The van der Waals surface area contributed by atoms with Gasteiger partial charge in [0.2, 0.25) is 5.72 Å². The van der Waals surface area contributed by atoms with Crippen LogP contribution in [0.15, 0.2) is 67.0 Å². The van der Waals surface area contributed by atoms with E-state index in [1.165, 1.54) is 10.9 Å². The van der Waals surface area contributed by atoms with Crippen molar-refractivity contribution in [2.75, 3.05) is 19.6 Å². The van der Waals surface area contributed by atoms with Crippen LogP contribution in [0.5, 0.6) is 0 Å². The summed E-state index contributed by atoms with van der Waals surface area (Å²) in [6.07, 6.45) is -3.07. The lowest BCUT2D eigenvalue weighted by atomic mass is 9.73. The van der Waals surface area contributed by atoms with Crippen LogP contribution in [0, 0.1) is 0 Å². The number of H-pyrrole nitrogens is 1. The van der Waals surface area contributed by atoms with Gasteiger partial charge in [-0.25, -0.2) is 9.78 Å². The number of benzene rings is 2. The summed E-state index contributed by atoms with van der Waals surface area (Å²) in [4.78, 5) is 33.4. The van der Waals surface area contributed by atoms with Crippen molar-refractivity contribution in [2.24, 2.45) is 0 Å². The van der Waals surface area contributed by atoms with Crippen LogP contribution < -0.4 is 5.32 Å². The quantitative estimate of drug-likeness (QED) is 0.231. The van der Waals surface area contributed by atoms with E-state index in [1.807, 2.05) is 30.3 Å². The highest BCUT2D eigenvalue weighted by Crippen LogP contribution is 2.49. The zero-order chi connectivity index (χ0) is 33.1. The summed E-state index contributed by atoms with van der Waals surface area (Å²) in [7, 11) is 0. The maximum absolute atomic E-state index is 14.5. The van der Waals surface area contributed by atoms with Crippen LogP contribution in [0.3, 0.4) is 0 Å². The number of rotatable bonds is 9. The first kappa shape index (κ1) is 32.3. The predicted molar refractivity (Wildman–Crippen MR) is 162 cm³/mol. The molecule has 1 saturated carbocycles. The number of carbonyl (C=O) groups excluding carboxylic acids is 2. The van der Waals surface area contributed by atoms with E-state index in [0.717, 1.165) is 5.56 Å². The van der Waals surface area contributed by atoms with Gasteiger partial charge < -0.3 is 20.1 Å². The summed E-state index contributed by atoms with van der Waals surface area (Å²) in [5.41, 5.74) is -2.68. The van der Waals surface area contributed by atoms with Gasteiger partial charge in [0.25, 0.3) is 5.91 Å². The lowest BCUT2D eigenvalue weighted by Crippen LogP contribution is -2.61. The number of ether oxygens (including phenoxy) is 1. The molecule has 0 bridgehead atoms. The highest BCUT2D eigenvalue weighted by Gasteiger charge is 2.60. The summed E-state index contributed by atoms with van der Waals surface area (Å²) < 4.78 is 48.4. The number of aliphatic hydroxyl groups is 1. The lowest BCUT2D eigenvalue weighted by molar-refractivity contribution is -0.271. The van der Waals surface area contributed by atoms with Gasteiger partial charge in [0.15, 0.2) is 11.5 Å². The van der Waals surface area contributed by atoms with Crippen LogP contribution in [-0.2, 0) is 28.1 Å². The third-order valence-electron chi connectivity index (χ3n) is 9.06. The Kier molecular flexibility index (Phi) is 9.10. The lowest BCUT2D eigenvalue weighted by Gasteiger charge is -2.50. The van der Waals surface area contributed by atoms with Gasteiger partial charge in [-0.3, -0.25) is 9.36 Å². The average Bonchev–Trinajstić information content (AvgIpc) is 3.76. The molecule has 1 aliphatic heterocycles. The van der Waals surface area contributed by atoms with Gasteiger partial charge in [0.1, 0.15) is 5.60 Å². The first-order valence-corrected chi connectivity index (χ1v) is 15.5. The molecule has 0 unspecified atom stereocenters. The molecule has 1 amide bonds. The van der Waals surface area contributed by atoms with Crippen LogP contribution in [-0.4, -0.2) is 89.5 Å². The second-order valence-corrected chi connectivity index (χ2v) is 12.0. The Morgan fingerprint density at radius 3 is 2.47 bits per heavy atom. The molecule has 12 nitrogen and oxygen atoms in total. The van der Waals surface area contributed by atoms with Crippen molar-refractivity contribution >= 4 is 11.9 Å². The number of amides is 1. The molecule has 6 rings (SSSR count). The fourth-order valence-corrected chi connectivity index (χ4v) is 6.77. The number of tetrazole rings is 1. The SMILES string of the molecule is O=C(c1ncn([C@@]2(OC(=O)C(F)(F)F)CCCC[C@@]2(O)CCc2nn[nH]n2)c1-c1ccccc1)N1CCNC[C@H]1Cc1ccccc1. The molecule has 2 fully saturated rings. The number of hydrogen-bond donors (Lipinski definition) is 3. The first-order valence-electron chi connectivity index (χ1n) is 15.5. The van der Waals surface area contributed by atoms with Crippen LogP contribution in [0.4, 0.5) is 13.2 Å². The molecular formula is C32H35F3N8O4. The van der Waals surface area contributed by atoms with Crippen molar-refractivity contribution in [1.29, 1.82) is 0 Å². The number of aromatic nitrogens is 6. The smallest absolute Gasteiger partial charge is 0.429 e. The molecule has 15 heteroatoms. The van der Waals surface area contributed by atoms with E-state index in [9.17, 15) is 27.9 Å². The van der Waals surface area contributed by atoms with Crippen LogP contribution >= 0.6 is 0 Å². The Hall–Kier alpha value is -4.63. The minimum Gasteiger partial charge on any atom is -0.429 e. The molecule has 2 aliphatic rings. The van der Waals surface area contributed by atoms with Crippen molar-refractivity contribution in [3.05, 3.63) is 84.1 Å². The Morgan fingerprint density at radius 2 is 1.77 bits per heavy atom. The molecule has 3 atom stereocenters. The molecule has 1 saturated heterocycles. The molecule has 2 aromatic carbocycles. The number of imidazole rings is 1. The van der Waals surface area contributed by atoms with E-state index in [-0.39, 0.29) is 48.9 Å². The van der Waals surface area contributed by atoms with Gasteiger partial charge in [-0.1, -0.05) is 72.3 Å². The molecule has 3 heterocycles. The third kappa shape index (κ3) is 6.49. The highest BCUT2D eigenvalue weighted by atomic mass is 19.4. The highest BCUT2D eigenvalue weighted by molar-refractivity contribution is 5.98.